The Morgan fingerprint density at radius 1 is 1.23 bits per heavy atom. The van der Waals surface area contributed by atoms with Crippen LogP contribution in [-0.2, 0) is 14.8 Å². The molecule has 0 aliphatic rings. The van der Waals surface area contributed by atoms with Crippen LogP contribution in [-0.4, -0.2) is 45.4 Å². The van der Waals surface area contributed by atoms with Crippen molar-refractivity contribution in [1.82, 2.24) is 9.62 Å². The van der Waals surface area contributed by atoms with Crippen molar-refractivity contribution in [3.05, 3.63) is 24.3 Å². The average molecular weight is 328 g/mol. The molecule has 1 aromatic rings. The highest BCUT2D eigenvalue weighted by molar-refractivity contribution is 7.89. The molecule has 0 bridgehead atoms. The van der Waals surface area contributed by atoms with Gasteiger partial charge in [0.1, 0.15) is 5.75 Å². The van der Waals surface area contributed by atoms with E-state index < -0.39 is 10.0 Å². The molecule has 0 aromatic heterocycles. The number of carbonyl (C=O) groups is 1. The van der Waals surface area contributed by atoms with Gasteiger partial charge in [-0.25, -0.2) is 8.42 Å². The van der Waals surface area contributed by atoms with E-state index >= 15 is 0 Å². The zero-order valence-electron chi connectivity index (χ0n) is 13.3. The predicted molar refractivity (Wildman–Crippen MR) is 85.3 cm³/mol. The zero-order valence-corrected chi connectivity index (χ0v) is 14.1. The highest BCUT2D eigenvalue weighted by Crippen LogP contribution is 2.18. The number of sulfonamides is 1. The van der Waals surface area contributed by atoms with E-state index in [9.17, 15) is 13.2 Å². The molecule has 124 valence electrons. The normalized spacial score (nSPS) is 11.5. The Morgan fingerprint density at radius 3 is 2.41 bits per heavy atom. The molecule has 0 atom stereocenters. The van der Waals surface area contributed by atoms with E-state index in [0.29, 0.717) is 18.9 Å². The molecular weight excluding hydrogens is 304 g/mol. The number of benzene rings is 1. The van der Waals surface area contributed by atoms with E-state index in [1.807, 2.05) is 13.8 Å². The molecule has 0 radical (unpaired) electrons. The summed E-state index contributed by atoms with van der Waals surface area (Å²) in [6.45, 7) is 4.76. The van der Waals surface area contributed by atoms with Gasteiger partial charge in [0, 0.05) is 13.6 Å². The lowest BCUT2D eigenvalue weighted by Crippen LogP contribution is -2.38. The van der Waals surface area contributed by atoms with Gasteiger partial charge in [0.05, 0.1) is 18.0 Å². The van der Waals surface area contributed by atoms with Crippen LogP contribution in [0.1, 0.15) is 26.7 Å². The smallest absolute Gasteiger partial charge is 0.243 e. The summed E-state index contributed by atoms with van der Waals surface area (Å²) >= 11 is 0. The van der Waals surface area contributed by atoms with Crippen LogP contribution >= 0.6 is 0 Å². The van der Waals surface area contributed by atoms with Crippen LogP contribution in [0.25, 0.3) is 0 Å². The van der Waals surface area contributed by atoms with Gasteiger partial charge in [0.25, 0.3) is 0 Å². The first-order valence-electron chi connectivity index (χ1n) is 7.37. The SMILES string of the molecule is CCCCNC(=O)CN(C)S(=O)(=O)c1ccc(OCC)cc1. The van der Waals surface area contributed by atoms with Gasteiger partial charge in [-0.3, -0.25) is 4.79 Å². The summed E-state index contributed by atoms with van der Waals surface area (Å²) in [5.74, 6) is 0.312. The molecule has 0 unspecified atom stereocenters. The number of carbonyl (C=O) groups excluding carboxylic acids is 1. The molecule has 6 nitrogen and oxygen atoms in total. The van der Waals surface area contributed by atoms with E-state index in [2.05, 4.69) is 5.32 Å². The second-order valence-corrected chi connectivity index (χ2v) is 6.91. The van der Waals surface area contributed by atoms with Crippen LogP contribution in [0.2, 0.25) is 0 Å². The molecule has 0 aliphatic heterocycles. The number of unbranched alkanes of at least 4 members (excludes halogenated alkanes) is 1. The molecule has 0 fully saturated rings. The van der Waals surface area contributed by atoms with E-state index in [-0.39, 0.29) is 17.3 Å². The highest BCUT2D eigenvalue weighted by atomic mass is 32.2. The van der Waals surface area contributed by atoms with E-state index in [1.165, 1.54) is 19.2 Å². The summed E-state index contributed by atoms with van der Waals surface area (Å²) in [7, 11) is -2.29. The van der Waals surface area contributed by atoms with Crippen LogP contribution in [0, 0.1) is 0 Å². The number of rotatable bonds is 9. The summed E-state index contributed by atoms with van der Waals surface area (Å²) in [5, 5.41) is 2.70. The number of amides is 1. The van der Waals surface area contributed by atoms with Crippen LogP contribution in [0.15, 0.2) is 29.2 Å². The molecule has 0 aliphatic carbocycles. The molecule has 1 N–H and O–H groups in total. The van der Waals surface area contributed by atoms with Crippen molar-refractivity contribution < 1.29 is 17.9 Å². The Bertz CT molecular complexity index is 570. The van der Waals surface area contributed by atoms with Crippen molar-refractivity contribution in [3.63, 3.8) is 0 Å². The van der Waals surface area contributed by atoms with Crippen molar-refractivity contribution in [2.24, 2.45) is 0 Å². The number of hydrogen-bond acceptors (Lipinski definition) is 4. The van der Waals surface area contributed by atoms with Gasteiger partial charge in [0.2, 0.25) is 15.9 Å². The maximum Gasteiger partial charge on any atom is 0.243 e. The minimum atomic E-state index is -3.68. The Hall–Kier alpha value is -1.60. The summed E-state index contributed by atoms with van der Waals surface area (Å²) < 4.78 is 31.1. The number of likely N-dealkylation sites (N-methyl/N-ethyl adjacent to an activating group) is 1. The number of ether oxygens (including phenoxy) is 1. The molecule has 1 amide bonds. The van der Waals surface area contributed by atoms with Gasteiger partial charge in [-0.1, -0.05) is 13.3 Å². The van der Waals surface area contributed by atoms with Gasteiger partial charge >= 0.3 is 0 Å². The maximum atomic E-state index is 12.4. The van der Waals surface area contributed by atoms with Crippen molar-refractivity contribution >= 4 is 15.9 Å². The molecule has 0 saturated carbocycles. The molecule has 22 heavy (non-hydrogen) atoms. The first kappa shape index (κ1) is 18.4. The lowest BCUT2D eigenvalue weighted by atomic mass is 10.3. The highest BCUT2D eigenvalue weighted by Gasteiger charge is 2.22. The minimum absolute atomic E-state index is 0.139. The fraction of sp³-hybridized carbons (Fsp3) is 0.533. The van der Waals surface area contributed by atoms with Crippen molar-refractivity contribution in [2.75, 3.05) is 26.7 Å². The largest absolute Gasteiger partial charge is 0.494 e. The van der Waals surface area contributed by atoms with Crippen LogP contribution in [0.4, 0.5) is 0 Å². The first-order valence-corrected chi connectivity index (χ1v) is 8.81. The molecule has 0 spiro atoms. The molecule has 1 rings (SSSR count). The monoisotopic (exact) mass is 328 g/mol. The summed E-state index contributed by atoms with van der Waals surface area (Å²) in [4.78, 5) is 11.8. The summed E-state index contributed by atoms with van der Waals surface area (Å²) in [5.41, 5.74) is 0. The van der Waals surface area contributed by atoms with Gasteiger partial charge in [-0.15, -0.1) is 0 Å². The third kappa shape index (κ3) is 5.31. The fourth-order valence-electron chi connectivity index (χ4n) is 1.80. The summed E-state index contributed by atoms with van der Waals surface area (Å²) in [6, 6.07) is 6.16. The Labute approximate surface area is 132 Å². The van der Waals surface area contributed by atoms with Crippen LogP contribution in [0.3, 0.4) is 0 Å². The standard InChI is InChI=1S/C15H24N2O4S/c1-4-6-11-16-15(18)12-17(3)22(19,20)14-9-7-13(8-10-14)21-5-2/h7-10H,4-6,11-12H2,1-3H3,(H,16,18). The quantitative estimate of drug-likeness (QED) is 0.699. The Kier molecular flexibility index (Phi) is 7.34. The molecular formula is C15H24N2O4S. The third-order valence-corrected chi connectivity index (χ3v) is 4.88. The van der Waals surface area contributed by atoms with Crippen molar-refractivity contribution in [3.8, 4) is 5.75 Å². The third-order valence-electron chi connectivity index (χ3n) is 3.06. The van der Waals surface area contributed by atoms with E-state index in [0.717, 1.165) is 17.1 Å². The summed E-state index contributed by atoms with van der Waals surface area (Å²) in [6.07, 6.45) is 1.85. The van der Waals surface area contributed by atoms with Crippen molar-refractivity contribution in [2.45, 2.75) is 31.6 Å². The zero-order chi connectivity index (χ0) is 16.6. The number of nitrogens with one attached hydrogen (secondary N) is 1. The van der Waals surface area contributed by atoms with Gasteiger partial charge < -0.3 is 10.1 Å². The second-order valence-electron chi connectivity index (χ2n) is 4.87. The van der Waals surface area contributed by atoms with Crippen LogP contribution < -0.4 is 10.1 Å². The molecule has 0 heterocycles. The fourth-order valence-corrected chi connectivity index (χ4v) is 2.93. The number of hydrogen-bond donors (Lipinski definition) is 1. The Morgan fingerprint density at radius 2 is 1.86 bits per heavy atom. The maximum absolute atomic E-state index is 12.4. The molecule has 7 heteroatoms. The number of nitrogens with zero attached hydrogens (tertiary/aromatic N) is 1. The molecule has 0 saturated heterocycles. The second kappa shape index (κ2) is 8.75. The van der Waals surface area contributed by atoms with Crippen molar-refractivity contribution in [1.29, 1.82) is 0 Å². The molecule has 1 aromatic carbocycles. The lowest BCUT2D eigenvalue weighted by Gasteiger charge is -2.17. The lowest BCUT2D eigenvalue weighted by molar-refractivity contribution is -0.121. The topological polar surface area (TPSA) is 75.7 Å². The first-order chi connectivity index (χ1) is 10.4. The Balaban J connectivity index is 2.69. The van der Waals surface area contributed by atoms with Gasteiger partial charge in [0.15, 0.2) is 0 Å². The van der Waals surface area contributed by atoms with E-state index in [1.54, 1.807) is 12.1 Å². The minimum Gasteiger partial charge on any atom is -0.494 e. The van der Waals surface area contributed by atoms with Gasteiger partial charge in [-0.2, -0.15) is 4.31 Å². The predicted octanol–water partition coefficient (Wildman–Crippen LogP) is 1.62. The van der Waals surface area contributed by atoms with Gasteiger partial charge in [-0.05, 0) is 37.6 Å². The van der Waals surface area contributed by atoms with Crippen LogP contribution in [0.5, 0.6) is 5.75 Å². The average Bonchev–Trinajstić information content (AvgIpc) is 2.48. The van der Waals surface area contributed by atoms with E-state index in [4.69, 9.17) is 4.74 Å².